The molecule has 0 unspecified atom stereocenters. The lowest BCUT2D eigenvalue weighted by molar-refractivity contribution is 0.358. The van der Waals surface area contributed by atoms with Gasteiger partial charge in [-0.3, -0.25) is 4.98 Å². The van der Waals surface area contributed by atoms with Gasteiger partial charge >= 0.3 is 0 Å². The van der Waals surface area contributed by atoms with Crippen molar-refractivity contribution in [3.8, 4) is 0 Å². The molecule has 0 atom stereocenters. The van der Waals surface area contributed by atoms with E-state index in [1.807, 2.05) is 6.20 Å². The third-order valence-corrected chi connectivity index (χ3v) is 5.54. The second-order valence-corrected chi connectivity index (χ2v) is 7.61. The predicted octanol–water partition coefficient (Wildman–Crippen LogP) is 5.49. The Morgan fingerprint density at radius 3 is 2.50 bits per heavy atom. The molecule has 1 fully saturated rings. The van der Waals surface area contributed by atoms with Gasteiger partial charge in [0.05, 0.1) is 5.52 Å². The molecule has 1 aromatic heterocycles. The summed E-state index contributed by atoms with van der Waals surface area (Å²) in [5.41, 5.74) is 13.2. The Morgan fingerprint density at radius 2 is 1.69 bits per heavy atom. The number of nitrogens with one attached hydrogen (secondary N) is 2. The van der Waals surface area contributed by atoms with E-state index in [0.29, 0.717) is 12.0 Å². The molecule has 3 heteroatoms. The highest BCUT2D eigenvalue weighted by Gasteiger charge is 2.23. The molecule has 0 aliphatic heterocycles. The van der Waals surface area contributed by atoms with Crippen molar-refractivity contribution in [3.63, 3.8) is 0 Å². The second kappa shape index (κ2) is 7.46. The molecule has 1 aliphatic carbocycles. The maximum Gasteiger partial charge on any atom is 0.0707 e. The van der Waals surface area contributed by atoms with Crippen LogP contribution >= 0.6 is 0 Å². The summed E-state index contributed by atoms with van der Waals surface area (Å²) in [6.07, 6.45) is 6.80. The number of anilines is 1. The number of rotatable bonds is 4. The lowest BCUT2D eigenvalue weighted by Crippen LogP contribution is -2.36. The molecular weight excluding hydrogens is 318 g/mol. The van der Waals surface area contributed by atoms with Crippen LogP contribution in [0.15, 0.2) is 54.7 Å². The van der Waals surface area contributed by atoms with Crippen molar-refractivity contribution in [2.24, 2.45) is 0 Å². The van der Waals surface area contributed by atoms with Crippen molar-refractivity contribution < 1.29 is 0 Å². The van der Waals surface area contributed by atoms with E-state index in [0.717, 1.165) is 11.2 Å². The molecule has 4 rings (SSSR count). The van der Waals surface area contributed by atoms with E-state index >= 15 is 0 Å². The summed E-state index contributed by atoms with van der Waals surface area (Å²) in [7, 11) is 0. The van der Waals surface area contributed by atoms with Gasteiger partial charge in [-0.2, -0.15) is 0 Å². The molecule has 1 saturated carbocycles. The number of benzene rings is 2. The van der Waals surface area contributed by atoms with Gasteiger partial charge in [0.2, 0.25) is 0 Å². The summed E-state index contributed by atoms with van der Waals surface area (Å²) >= 11 is 0. The maximum absolute atomic E-state index is 4.56. The first-order valence-corrected chi connectivity index (χ1v) is 9.62. The van der Waals surface area contributed by atoms with Crippen LogP contribution in [0.1, 0.15) is 48.3 Å². The Bertz CT molecular complexity index is 895. The van der Waals surface area contributed by atoms with E-state index in [2.05, 4.69) is 78.2 Å². The van der Waals surface area contributed by atoms with Gasteiger partial charge in [-0.25, -0.2) is 5.43 Å². The van der Waals surface area contributed by atoms with E-state index in [-0.39, 0.29) is 0 Å². The van der Waals surface area contributed by atoms with Gasteiger partial charge in [0, 0.05) is 23.3 Å². The first-order chi connectivity index (χ1) is 12.7. The predicted molar refractivity (Wildman–Crippen MR) is 109 cm³/mol. The molecule has 1 heterocycles. The molecule has 26 heavy (non-hydrogen) atoms. The minimum absolute atomic E-state index is 0.530. The van der Waals surface area contributed by atoms with Gasteiger partial charge in [0.25, 0.3) is 0 Å². The number of hydrazine groups is 1. The minimum Gasteiger partial charge on any atom is -0.321 e. The summed E-state index contributed by atoms with van der Waals surface area (Å²) in [6.45, 7) is 4.25. The molecule has 3 nitrogen and oxygen atoms in total. The molecule has 0 radical (unpaired) electrons. The number of aryl methyl sites for hydroxylation is 2. The van der Waals surface area contributed by atoms with Crippen LogP contribution in [0.25, 0.3) is 10.9 Å². The molecule has 0 amide bonds. The molecule has 134 valence electrons. The summed E-state index contributed by atoms with van der Waals surface area (Å²) in [4.78, 5) is 4.56. The monoisotopic (exact) mass is 345 g/mol. The number of pyridine rings is 1. The SMILES string of the molecule is Cc1cccc(NNC2CCC(c3ccnc4cc(C)ccc34)CC2)c1. The zero-order chi connectivity index (χ0) is 17.9. The van der Waals surface area contributed by atoms with Crippen molar-refractivity contribution in [2.45, 2.75) is 51.5 Å². The highest BCUT2D eigenvalue weighted by Crippen LogP contribution is 2.36. The second-order valence-electron chi connectivity index (χ2n) is 7.61. The molecular formula is C23H27N3. The number of hydrogen-bond acceptors (Lipinski definition) is 3. The Kier molecular flexibility index (Phi) is 4.89. The molecule has 0 bridgehead atoms. The van der Waals surface area contributed by atoms with E-state index in [1.54, 1.807) is 0 Å². The molecule has 1 aliphatic rings. The van der Waals surface area contributed by atoms with Crippen molar-refractivity contribution in [1.82, 2.24) is 10.4 Å². The number of aromatic nitrogens is 1. The normalized spacial score (nSPS) is 20.2. The zero-order valence-corrected chi connectivity index (χ0v) is 15.6. The first-order valence-electron chi connectivity index (χ1n) is 9.62. The fourth-order valence-electron chi connectivity index (χ4n) is 4.09. The molecule has 0 saturated heterocycles. The van der Waals surface area contributed by atoms with Crippen molar-refractivity contribution in [1.29, 1.82) is 0 Å². The van der Waals surface area contributed by atoms with Crippen LogP contribution < -0.4 is 10.9 Å². The maximum atomic E-state index is 4.56. The van der Waals surface area contributed by atoms with Gasteiger partial charge in [-0.05, 0) is 86.4 Å². The van der Waals surface area contributed by atoms with Gasteiger partial charge in [-0.1, -0.05) is 24.3 Å². The highest BCUT2D eigenvalue weighted by molar-refractivity contribution is 5.83. The Morgan fingerprint density at radius 1 is 0.885 bits per heavy atom. The fourth-order valence-corrected chi connectivity index (χ4v) is 4.09. The average Bonchev–Trinajstić information content (AvgIpc) is 2.66. The summed E-state index contributed by atoms with van der Waals surface area (Å²) in [5.74, 6) is 0.639. The lowest BCUT2D eigenvalue weighted by atomic mass is 9.81. The van der Waals surface area contributed by atoms with Crippen LogP contribution in [0.4, 0.5) is 5.69 Å². The smallest absolute Gasteiger partial charge is 0.0707 e. The average molecular weight is 345 g/mol. The van der Waals surface area contributed by atoms with E-state index in [4.69, 9.17) is 0 Å². The topological polar surface area (TPSA) is 37.0 Å². The Hall–Kier alpha value is -2.39. The summed E-state index contributed by atoms with van der Waals surface area (Å²) in [5, 5.41) is 1.33. The van der Waals surface area contributed by atoms with Crippen molar-refractivity contribution in [3.05, 3.63) is 71.4 Å². The molecule has 0 spiro atoms. The van der Waals surface area contributed by atoms with Gasteiger partial charge in [0.15, 0.2) is 0 Å². The van der Waals surface area contributed by atoms with Gasteiger partial charge in [-0.15, -0.1) is 0 Å². The summed E-state index contributed by atoms with van der Waals surface area (Å²) in [6, 6.07) is 17.9. The van der Waals surface area contributed by atoms with Crippen molar-refractivity contribution >= 4 is 16.6 Å². The van der Waals surface area contributed by atoms with E-state index in [9.17, 15) is 0 Å². The molecule has 2 N–H and O–H groups in total. The largest absolute Gasteiger partial charge is 0.321 e. The van der Waals surface area contributed by atoms with Crippen molar-refractivity contribution in [2.75, 3.05) is 5.43 Å². The van der Waals surface area contributed by atoms with Crippen LogP contribution in [-0.4, -0.2) is 11.0 Å². The number of hydrogen-bond donors (Lipinski definition) is 2. The fraction of sp³-hybridized carbons (Fsp3) is 0.348. The Balaban J connectivity index is 1.39. The van der Waals surface area contributed by atoms with Crippen LogP contribution in [0, 0.1) is 13.8 Å². The van der Waals surface area contributed by atoms with Crippen LogP contribution in [0.2, 0.25) is 0 Å². The van der Waals surface area contributed by atoms with E-state index in [1.165, 1.54) is 47.8 Å². The number of fused-ring (bicyclic) bond motifs is 1. The number of nitrogens with zero attached hydrogens (tertiary/aromatic N) is 1. The van der Waals surface area contributed by atoms with Gasteiger partial charge < -0.3 is 5.43 Å². The van der Waals surface area contributed by atoms with Crippen LogP contribution in [-0.2, 0) is 0 Å². The zero-order valence-electron chi connectivity index (χ0n) is 15.6. The van der Waals surface area contributed by atoms with Gasteiger partial charge in [0.1, 0.15) is 0 Å². The van der Waals surface area contributed by atoms with Crippen LogP contribution in [0.3, 0.4) is 0 Å². The third-order valence-electron chi connectivity index (χ3n) is 5.54. The lowest BCUT2D eigenvalue weighted by Gasteiger charge is -2.30. The molecule has 2 aromatic carbocycles. The standard InChI is InChI=1S/C23H27N3/c1-16-4-3-5-20(14-16)26-25-19-9-7-18(8-10-19)21-12-13-24-23-15-17(2)6-11-22(21)23/h3-6,11-15,18-19,25-26H,7-10H2,1-2H3. The first kappa shape index (κ1) is 17.0. The molecule has 3 aromatic rings. The van der Waals surface area contributed by atoms with E-state index < -0.39 is 0 Å². The third kappa shape index (κ3) is 3.73. The van der Waals surface area contributed by atoms with Crippen LogP contribution in [0.5, 0.6) is 0 Å². The highest BCUT2D eigenvalue weighted by atomic mass is 15.4. The Labute approximate surface area is 155 Å². The minimum atomic E-state index is 0.530. The summed E-state index contributed by atoms with van der Waals surface area (Å²) < 4.78 is 0. The quantitative estimate of drug-likeness (QED) is 0.614.